The zero-order valence-electron chi connectivity index (χ0n) is 13.5. The Kier molecular flexibility index (Phi) is 4.03. The summed E-state index contributed by atoms with van der Waals surface area (Å²) in [5.41, 5.74) is 1.90. The largest absolute Gasteiger partial charge is 0.310 e. The minimum atomic E-state index is 0.480. The van der Waals surface area contributed by atoms with E-state index in [1.807, 2.05) is 0 Å². The van der Waals surface area contributed by atoms with E-state index in [0.29, 0.717) is 11.5 Å². The van der Waals surface area contributed by atoms with Crippen LogP contribution < -0.4 is 5.32 Å². The third-order valence-corrected chi connectivity index (χ3v) is 4.85. The van der Waals surface area contributed by atoms with Crippen molar-refractivity contribution in [3.63, 3.8) is 0 Å². The lowest BCUT2D eigenvalue weighted by Crippen LogP contribution is -2.39. The average Bonchev–Trinajstić information content (AvgIpc) is 2.43. The second-order valence-electron chi connectivity index (χ2n) is 7.63. The molecule has 0 saturated heterocycles. The van der Waals surface area contributed by atoms with E-state index >= 15 is 0 Å². The van der Waals surface area contributed by atoms with Gasteiger partial charge in [0.1, 0.15) is 0 Å². The van der Waals surface area contributed by atoms with Crippen LogP contribution in [0.25, 0.3) is 10.8 Å². The van der Waals surface area contributed by atoms with E-state index in [2.05, 4.69) is 68.6 Å². The fraction of sp³-hybridized carbons (Fsp3) is 0.500. The summed E-state index contributed by atoms with van der Waals surface area (Å²) in [6, 6.07) is 16.0. The van der Waals surface area contributed by atoms with Crippen molar-refractivity contribution in [2.45, 2.75) is 52.6 Å². The van der Waals surface area contributed by atoms with Crippen LogP contribution in [0.1, 0.15) is 45.6 Å². The highest BCUT2D eigenvalue weighted by molar-refractivity contribution is 5.85. The summed E-state index contributed by atoms with van der Waals surface area (Å²) in [5.74, 6) is 0.832. The van der Waals surface area contributed by atoms with E-state index in [4.69, 9.17) is 0 Å². The minimum Gasteiger partial charge on any atom is -0.310 e. The summed E-state index contributed by atoms with van der Waals surface area (Å²) >= 11 is 0. The molecule has 0 radical (unpaired) electrons. The highest BCUT2D eigenvalue weighted by Crippen LogP contribution is 2.38. The molecular formula is C20H27N. The lowest BCUT2D eigenvalue weighted by Gasteiger charge is -2.39. The standard InChI is InChI=1S/C20H27N/c1-15-11-18(13-20(2,3)12-15)21-14-17-9-6-8-16-7-4-5-10-19(16)17/h4-10,15,18,21H,11-14H2,1-3H3. The third-order valence-electron chi connectivity index (χ3n) is 4.85. The van der Waals surface area contributed by atoms with Crippen LogP contribution in [-0.2, 0) is 6.54 Å². The van der Waals surface area contributed by atoms with Crippen LogP contribution in [0, 0.1) is 11.3 Å². The topological polar surface area (TPSA) is 12.0 Å². The van der Waals surface area contributed by atoms with E-state index < -0.39 is 0 Å². The van der Waals surface area contributed by atoms with Gasteiger partial charge in [0.15, 0.2) is 0 Å². The van der Waals surface area contributed by atoms with Crippen LogP contribution in [0.5, 0.6) is 0 Å². The van der Waals surface area contributed by atoms with Crippen LogP contribution in [-0.4, -0.2) is 6.04 Å². The lowest BCUT2D eigenvalue weighted by atomic mass is 9.70. The quantitative estimate of drug-likeness (QED) is 0.821. The smallest absolute Gasteiger partial charge is 0.0214 e. The maximum absolute atomic E-state index is 3.82. The molecule has 0 amide bonds. The number of nitrogens with one attached hydrogen (secondary N) is 1. The first-order chi connectivity index (χ1) is 10.0. The van der Waals surface area contributed by atoms with Gasteiger partial charge < -0.3 is 5.32 Å². The van der Waals surface area contributed by atoms with Crippen molar-refractivity contribution >= 4 is 10.8 Å². The number of benzene rings is 2. The molecule has 1 N–H and O–H groups in total. The van der Waals surface area contributed by atoms with E-state index in [-0.39, 0.29) is 0 Å². The fourth-order valence-corrected chi connectivity index (χ4v) is 4.20. The predicted molar refractivity (Wildman–Crippen MR) is 91.4 cm³/mol. The zero-order chi connectivity index (χ0) is 14.9. The van der Waals surface area contributed by atoms with Crippen molar-refractivity contribution in [2.75, 3.05) is 0 Å². The first kappa shape index (κ1) is 14.6. The number of hydrogen-bond acceptors (Lipinski definition) is 1. The Labute approximate surface area is 128 Å². The number of rotatable bonds is 3. The van der Waals surface area contributed by atoms with E-state index in [9.17, 15) is 0 Å². The van der Waals surface area contributed by atoms with Crippen molar-refractivity contribution in [1.29, 1.82) is 0 Å². The molecule has 0 heterocycles. The third kappa shape index (κ3) is 3.47. The molecule has 21 heavy (non-hydrogen) atoms. The van der Waals surface area contributed by atoms with Gasteiger partial charge in [-0.3, -0.25) is 0 Å². The normalized spacial score (nSPS) is 25.1. The van der Waals surface area contributed by atoms with E-state index in [0.717, 1.165) is 12.5 Å². The fourth-order valence-electron chi connectivity index (χ4n) is 4.20. The molecular weight excluding hydrogens is 254 g/mol. The molecule has 1 saturated carbocycles. The predicted octanol–water partition coefficient (Wildman–Crippen LogP) is 5.14. The molecule has 0 aliphatic heterocycles. The highest BCUT2D eigenvalue weighted by Gasteiger charge is 2.31. The molecule has 0 spiro atoms. The summed E-state index contributed by atoms with van der Waals surface area (Å²) in [6.45, 7) is 8.20. The van der Waals surface area contributed by atoms with Crippen molar-refractivity contribution in [3.8, 4) is 0 Å². The SMILES string of the molecule is CC1CC(NCc2cccc3ccccc23)CC(C)(C)C1. The summed E-state index contributed by atoms with van der Waals surface area (Å²) in [7, 11) is 0. The minimum absolute atomic E-state index is 0.480. The van der Waals surface area contributed by atoms with Gasteiger partial charge in [-0.25, -0.2) is 0 Å². The van der Waals surface area contributed by atoms with Gasteiger partial charge in [-0.05, 0) is 46.9 Å². The zero-order valence-corrected chi connectivity index (χ0v) is 13.5. The Morgan fingerprint density at radius 3 is 2.62 bits per heavy atom. The van der Waals surface area contributed by atoms with Crippen LogP contribution in [0.3, 0.4) is 0 Å². The van der Waals surface area contributed by atoms with Gasteiger partial charge >= 0.3 is 0 Å². The summed E-state index contributed by atoms with van der Waals surface area (Å²) in [5, 5.41) is 6.54. The number of hydrogen-bond donors (Lipinski definition) is 1. The van der Waals surface area contributed by atoms with Crippen molar-refractivity contribution in [2.24, 2.45) is 11.3 Å². The van der Waals surface area contributed by atoms with Gasteiger partial charge in [0.2, 0.25) is 0 Å². The second-order valence-corrected chi connectivity index (χ2v) is 7.63. The van der Waals surface area contributed by atoms with Crippen LogP contribution in [0.15, 0.2) is 42.5 Å². The maximum Gasteiger partial charge on any atom is 0.0214 e. The first-order valence-corrected chi connectivity index (χ1v) is 8.23. The molecule has 3 rings (SSSR count). The first-order valence-electron chi connectivity index (χ1n) is 8.23. The molecule has 2 unspecified atom stereocenters. The monoisotopic (exact) mass is 281 g/mol. The average molecular weight is 281 g/mol. The van der Waals surface area contributed by atoms with Crippen LogP contribution in [0.2, 0.25) is 0 Å². The molecule has 1 aliphatic rings. The van der Waals surface area contributed by atoms with Crippen molar-refractivity contribution in [3.05, 3.63) is 48.0 Å². The van der Waals surface area contributed by atoms with Crippen molar-refractivity contribution in [1.82, 2.24) is 5.32 Å². The van der Waals surface area contributed by atoms with Crippen molar-refractivity contribution < 1.29 is 0 Å². The molecule has 1 heteroatoms. The van der Waals surface area contributed by atoms with Gasteiger partial charge in [0.05, 0.1) is 0 Å². The molecule has 1 nitrogen and oxygen atoms in total. The Balaban J connectivity index is 1.72. The highest BCUT2D eigenvalue weighted by atomic mass is 14.9. The van der Waals surface area contributed by atoms with E-state index in [1.54, 1.807) is 0 Å². The molecule has 0 aromatic heterocycles. The molecule has 1 fully saturated rings. The summed E-state index contributed by atoms with van der Waals surface area (Å²) in [6.07, 6.45) is 3.97. The second kappa shape index (κ2) is 5.81. The maximum atomic E-state index is 3.82. The molecule has 2 aromatic rings. The Hall–Kier alpha value is -1.34. The van der Waals surface area contributed by atoms with Gasteiger partial charge in [-0.15, -0.1) is 0 Å². The van der Waals surface area contributed by atoms with Gasteiger partial charge in [-0.1, -0.05) is 63.2 Å². The van der Waals surface area contributed by atoms with Gasteiger partial charge in [0, 0.05) is 12.6 Å². The molecule has 0 bridgehead atoms. The lowest BCUT2D eigenvalue weighted by molar-refractivity contribution is 0.151. The van der Waals surface area contributed by atoms with Gasteiger partial charge in [-0.2, -0.15) is 0 Å². The molecule has 2 aromatic carbocycles. The number of fused-ring (bicyclic) bond motifs is 1. The van der Waals surface area contributed by atoms with Crippen LogP contribution in [0.4, 0.5) is 0 Å². The Morgan fingerprint density at radius 1 is 1.05 bits per heavy atom. The molecule has 112 valence electrons. The molecule has 2 atom stereocenters. The van der Waals surface area contributed by atoms with E-state index in [1.165, 1.54) is 35.6 Å². The Bertz CT molecular complexity index is 609. The summed E-state index contributed by atoms with van der Waals surface area (Å²) in [4.78, 5) is 0. The van der Waals surface area contributed by atoms with Gasteiger partial charge in [0.25, 0.3) is 0 Å². The van der Waals surface area contributed by atoms with Crippen LogP contribution >= 0.6 is 0 Å². The molecule has 1 aliphatic carbocycles. The summed E-state index contributed by atoms with van der Waals surface area (Å²) < 4.78 is 0. The Morgan fingerprint density at radius 2 is 1.81 bits per heavy atom.